The first kappa shape index (κ1) is 12.0. The average molecular weight is 198 g/mol. The summed E-state index contributed by atoms with van der Waals surface area (Å²) < 4.78 is 0. The van der Waals surface area contributed by atoms with Crippen LogP contribution in [0.2, 0.25) is 0 Å². The number of piperidine rings is 1. The van der Waals surface area contributed by atoms with Gasteiger partial charge in [-0.1, -0.05) is 6.92 Å². The molecule has 0 saturated carbocycles. The Morgan fingerprint density at radius 3 is 1.64 bits per heavy atom. The molecule has 84 valence electrons. The number of rotatable bonds is 1. The van der Waals surface area contributed by atoms with Crippen molar-refractivity contribution in [1.82, 2.24) is 4.90 Å². The van der Waals surface area contributed by atoms with Gasteiger partial charge in [-0.05, 0) is 59.5 Å². The Bertz CT molecular complexity index is 195. The van der Waals surface area contributed by atoms with Gasteiger partial charge in [0.15, 0.2) is 0 Å². The van der Waals surface area contributed by atoms with E-state index in [1.165, 1.54) is 12.8 Å². The van der Waals surface area contributed by atoms with Crippen LogP contribution in [0.4, 0.5) is 0 Å². The second-order valence-corrected chi connectivity index (χ2v) is 6.55. The van der Waals surface area contributed by atoms with Crippen molar-refractivity contribution in [3.63, 3.8) is 0 Å². The highest BCUT2D eigenvalue weighted by Crippen LogP contribution is 2.46. The number of hydrogen-bond donors (Lipinski definition) is 1. The van der Waals surface area contributed by atoms with Gasteiger partial charge >= 0.3 is 0 Å². The Hall–Kier alpha value is -0.0800. The predicted octanol–water partition coefficient (Wildman–Crippen LogP) is 2.23. The molecule has 1 heterocycles. The van der Waals surface area contributed by atoms with Crippen LogP contribution in [0.5, 0.6) is 0 Å². The summed E-state index contributed by atoms with van der Waals surface area (Å²) in [5, 5.41) is 0. The maximum atomic E-state index is 5.91. The minimum Gasteiger partial charge on any atom is -0.330 e. The van der Waals surface area contributed by atoms with E-state index in [1.54, 1.807) is 0 Å². The molecule has 0 atom stereocenters. The Kier molecular flexibility index (Phi) is 2.75. The van der Waals surface area contributed by atoms with Gasteiger partial charge in [-0.25, -0.2) is 0 Å². The minimum absolute atomic E-state index is 0.260. The summed E-state index contributed by atoms with van der Waals surface area (Å²) in [6.07, 6.45) is 2.38. The van der Waals surface area contributed by atoms with E-state index in [9.17, 15) is 0 Å². The van der Waals surface area contributed by atoms with Gasteiger partial charge in [0, 0.05) is 11.1 Å². The molecule has 0 aliphatic carbocycles. The Balaban J connectivity index is 2.97. The zero-order valence-electron chi connectivity index (χ0n) is 10.6. The molecule has 0 unspecified atom stereocenters. The lowest BCUT2D eigenvalue weighted by Crippen LogP contribution is -2.62. The SMILES string of the molecule is CN1C(C)(C)CC(C)(CN)CC1(C)C. The van der Waals surface area contributed by atoms with E-state index in [2.05, 4.69) is 46.6 Å². The van der Waals surface area contributed by atoms with Gasteiger partial charge in [-0.2, -0.15) is 0 Å². The van der Waals surface area contributed by atoms with Crippen LogP contribution in [-0.4, -0.2) is 29.6 Å². The van der Waals surface area contributed by atoms with Crippen molar-refractivity contribution < 1.29 is 0 Å². The van der Waals surface area contributed by atoms with Gasteiger partial charge in [0.05, 0.1) is 0 Å². The summed E-state index contributed by atoms with van der Waals surface area (Å²) in [6.45, 7) is 12.4. The molecule has 1 fully saturated rings. The molecule has 0 amide bonds. The molecule has 2 nitrogen and oxygen atoms in total. The van der Waals surface area contributed by atoms with Gasteiger partial charge in [0.25, 0.3) is 0 Å². The number of likely N-dealkylation sites (tertiary alicyclic amines) is 1. The summed E-state index contributed by atoms with van der Waals surface area (Å²) in [7, 11) is 2.23. The third kappa shape index (κ3) is 1.96. The normalized spacial score (nSPS) is 30.2. The molecular formula is C12H26N2. The van der Waals surface area contributed by atoms with E-state index in [4.69, 9.17) is 5.73 Å². The molecule has 0 spiro atoms. The van der Waals surface area contributed by atoms with Crippen molar-refractivity contribution in [2.24, 2.45) is 11.1 Å². The monoisotopic (exact) mass is 198 g/mol. The van der Waals surface area contributed by atoms with Gasteiger partial charge < -0.3 is 5.73 Å². The third-order valence-electron chi connectivity index (χ3n) is 4.03. The van der Waals surface area contributed by atoms with Crippen LogP contribution in [0, 0.1) is 5.41 Å². The minimum atomic E-state index is 0.260. The molecule has 0 radical (unpaired) electrons. The summed E-state index contributed by atoms with van der Waals surface area (Å²) in [6, 6.07) is 0. The maximum absolute atomic E-state index is 5.91. The van der Waals surface area contributed by atoms with Crippen molar-refractivity contribution in [2.45, 2.75) is 58.5 Å². The van der Waals surface area contributed by atoms with Gasteiger partial charge in [-0.15, -0.1) is 0 Å². The molecule has 1 aliphatic heterocycles. The van der Waals surface area contributed by atoms with Crippen LogP contribution in [-0.2, 0) is 0 Å². The summed E-state index contributed by atoms with van der Waals surface area (Å²) in [5.74, 6) is 0. The quantitative estimate of drug-likeness (QED) is 0.700. The topological polar surface area (TPSA) is 29.3 Å². The molecule has 0 aromatic heterocycles. The molecule has 14 heavy (non-hydrogen) atoms. The van der Waals surface area contributed by atoms with Crippen molar-refractivity contribution in [3.8, 4) is 0 Å². The second kappa shape index (κ2) is 3.21. The van der Waals surface area contributed by atoms with E-state index in [1.807, 2.05) is 0 Å². The lowest BCUT2D eigenvalue weighted by molar-refractivity contribution is -0.0620. The first-order valence-corrected chi connectivity index (χ1v) is 5.57. The highest BCUT2D eigenvalue weighted by molar-refractivity contribution is 5.03. The fourth-order valence-electron chi connectivity index (χ4n) is 3.35. The van der Waals surface area contributed by atoms with Crippen molar-refractivity contribution in [2.75, 3.05) is 13.6 Å². The zero-order valence-corrected chi connectivity index (χ0v) is 10.6. The summed E-state index contributed by atoms with van der Waals surface area (Å²) in [4.78, 5) is 2.50. The Morgan fingerprint density at radius 1 is 1.00 bits per heavy atom. The molecule has 2 heteroatoms. The summed E-state index contributed by atoms with van der Waals surface area (Å²) in [5.41, 5.74) is 6.73. The van der Waals surface area contributed by atoms with Crippen LogP contribution in [0.15, 0.2) is 0 Å². The second-order valence-electron chi connectivity index (χ2n) is 6.55. The third-order valence-corrected chi connectivity index (χ3v) is 4.03. The predicted molar refractivity (Wildman–Crippen MR) is 62.3 cm³/mol. The van der Waals surface area contributed by atoms with Crippen LogP contribution in [0.25, 0.3) is 0 Å². The van der Waals surface area contributed by atoms with Gasteiger partial charge in [0.1, 0.15) is 0 Å². The van der Waals surface area contributed by atoms with Crippen LogP contribution < -0.4 is 5.73 Å². The molecule has 0 aromatic carbocycles. The lowest BCUT2D eigenvalue weighted by atomic mass is 9.65. The zero-order chi connectivity index (χ0) is 11.2. The molecule has 1 saturated heterocycles. The van der Waals surface area contributed by atoms with E-state index in [0.717, 1.165) is 6.54 Å². The number of nitrogens with two attached hydrogens (primary N) is 1. The van der Waals surface area contributed by atoms with Gasteiger partial charge in [-0.3, -0.25) is 4.90 Å². The fourth-order valence-corrected chi connectivity index (χ4v) is 3.35. The molecule has 0 bridgehead atoms. The van der Waals surface area contributed by atoms with E-state index < -0.39 is 0 Å². The fraction of sp³-hybridized carbons (Fsp3) is 1.00. The van der Waals surface area contributed by atoms with Crippen LogP contribution >= 0.6 is 0 Å². The smallest absolute Gasteiger partial charge is 0.0161 e. The number of nitrogens with zero attached hydrogens (tertiary/aromatic N) is 1. The number of hydrogen-bond acceptors (Lipinski definition) is 2. The van der Waals surface area contributed by atoms with Crippen LogP contribution in [0.1, 0.15) is 47.5 Å². The highest BCUT2D eigenvalue weighted by Gasteiger charge is 2.47. The molecule has 1 rings (SSSR count). The van der Waals surface area contributed by atoms with E-state index in [0.29, 0.717) is 5.41 Å². The first-order valence-electron chi connectivity index (χ1n) is 5.57. The van der Waals surface area contributed by atoms with Crippen molar-refractivity contribution >= 4 is 0 Å². The molecular weight excluding hydrogens is 172 g/mol. The van der Waals surface area contributed by atoms with Crippen LogP contribution in [0.3, 0.4) is 0 Å². The Morgan fingerprint density at radius 2 is 1.36 bits per heavy atom. The largest absolute Gasteiger partial charge is 0.330 e. The Labute approximate surface area is 88.8 Å². The first-order chi connectivity index (χ1) is 6.13. The van der Waals surface area contributed by atoms with Gasteiger partial charge in [0.2, 0.25) is 0 Å². The standard InChI is InChI=1S/C12H26N2/c1-10(2)7-12(5,9-13)8-11(3,4)14(10)6/h7-9,13H2,1-6H3. The molecule has 0 aromatic rings. The maximum Gasteiger partial charge on any atom is 0.0161 e. The van der Waals surface area contributed by atoms with Crippen molar-refractivity contribution in [3.05, 3.63) is 0 Å². The molecule has 1 aliphatic rings. The van der Waals surface area contributed by atoms with E-state index in [-0.39, 0.29) is 11.1 Å². The summed E-state index contributed by atoms with van der Waals surface area (Å²) >= 11 is 0. The highest BCUT2D eigenvalue weighted by atomic mass is 15.2. The average Bonchev–Trinajstić information content (AvgIpc) is 1.99. The van der Waals surface area contributed by atoms with Crippen molar-refractivity contribution in [1.29, 1.82) is 0 Å². The lowest BCUT2D eigenvalue weighted by Gasteiger charge is -2.57. The van der Waals surface area contributed by atoms with E-state index >= 15 is 0 Å². The molecule has 2 N–H and O–H groups in total.